The van der Waals surface area contributed by atoms with E-state index in [1.165, 1.54) is 6.07 Å². The first-order valence-corrected chi connectivity index (χ1v) is 9.55. The maximum Gasteiger partial charge on any atom is 0.287 e. The molecule has 0 saturated heterocycles. The van der Waals surface area contributed by atoms with Gasteiger partial charge in [-0.3, -0.25) is 4.79 Å². The lowest BCUT2D eigenvalue weighted by molar-refractivity contribution is -0.916. The molecule has 0 radical (unpaired) electrons. The molecule has 0 spiro atoms. The number of benzene rings is 3. The van der Waals surface area contributed by atoms with E-state index in [2.05, 4.69) is 5.32 Å². The second-order valence-electron chi connectivity index (χ2n) is 7.15. The van der Waals surface area contributed by atoms with Gasteiger partial charge in [0.2, 0.25) is 0 Å². The van der Waals surface area contributed by atoms with E-state index < -0.39 is 6.04 Å². The van der Waals surface area contributed by atoms with Gasteiger partial charge in [-0.05, 0) is 30.7 Å². The van der Waals surface area contributed by atoms with Gasteiger partial charge >= 0.3 is 0 Å². The van der Waals surface area contributed by atoms with Crippen molar-refractivity contribution in [1.82, 2.24) is 0 Å². The van der Waals surface area contributed by atoms with E-state index in [-0.39, 0.29) is 11.7 Å². The molecular formula is C24H26FN2O2+. The Labute approximate surface area is 170 Å². The molecule has 2 N–H and O–H groups in total. The van der Waals surface area contributed by atoms with E-state index in [1.807, 2.05) is 62.5 Å². The normalized spacial score (nSPS) is 12.8. The van der Waals surface area contributed by atoms with E-state index in [4.69, 9.17) is 4.74 Å². The third-order valence-electron chi connectivity index (χ3n) is 4.93. The molecule has 0 fully saturated rings. The fourth-order valence-corrected chi connectivity index (χ4v) is 3.47. The number of aryl methyl sites for hydroxylation is 1. The third kappa shape index (κ3) is 5.00. The number of amides is 1. The molecule has 1 amide bonds. The number of carbonyl (C=O) groups excluding carboxylic acids is 1. The number of nitrogens with one attached hydrogen (secondary N) is 2. The van der Waals surface area contributed by atoms with Crippen LogP contribution < -0.4 is 15.0 Å². The quantitative estimate of drug-likeness (QED) is 0.645. The number of hydrogen-bond acceptors (Lipinski definition) is 2. The molecule has 0 saturated carbocycles. The number of quaternary nitrogens is 1. The number of ether oxygens (including phenoxy) is 1. The highest BCUT2D eigenvalue weighted by molar-refractivity contribution is 5.96. The average molecular weight is 393 g/mol. The highest BCUT2D eigenvalue weighted by atomic mass is 19.1. The van der Waals surface area contributed by atoms with Gasteiger partial charge in [-0.15, -0.1) is 0 Å². The van der Waals surface area contributed by atoms with Crippen LogP contribution >= 0.6 is 0 Å². The summed E-state index contributed by atoms with van der Waals surface area (Å²) in [5, 5.41) is 3.00. The second-order valence-corrected chi connectivity index (χ2v) is 7.15. The van der Waals surface area contributed by atoms with Crippen LogP contribution in [0.4, 0.5) is 10.1 Å². The second kappa shape index (κ2) is 9.34. The summed E-state index contributed by atoms with van der Waals surface area (Å²) in [6, 6.07) is 21.3. The number of carbonyl (C=O) groups is 1. The monoisotopic (exact) mass is 393 g/mol. The number of anilines is 1. The van der Waals surface area contributed by atoms with Crippen molar-refractivity contribution in [3.8, 4) is 5.75 Å². The van der Waals surface area contributed by atoms with Gasteiger partial charge in [0.05, 0.1) is 19.8 Å². The van der Waals surface area contributed by atoms with Gasteiger partial charge in [0, 0.05) is 11.1 Å². The first kappa shape index (κ1) is 20.6. The number of rotatable bonds is 7. The molecule has 0 aromatic heterocycles. The van der Waals surface area contributed by atoms with Gasteiger partial charge in [-0.25, -0.2) is 4.39 Å². The Kier molecular flexibility index (Phi) is 6.62. The Morgan fingerprint density at radius 1 is 1.07 bits per heavy atom. The Morgan fingerprint density at radius 3 is 2.45 bits per heavy atom. The molecule has 0 bridgehead atoms. The van der Waals surface area contributed by atoms with Crippen LogP contribution in [0.5, 0.6) is 5.75 Å². The summed E-state index contributed by atoms with van der Waals surface area (Å²) in [5.74, 6) is 0.163. The van der Waals surface area contributed by atoms with E-state index in [1.54, 1.807) is 25.3 Å². The molecule has 3 rings (SSSR count). The zero-order chi connectivity index (χ0) is 20.8. The Hall–Kier alpha value is -3.18. The Morgan fingerprint density at radius 2 is 1.76 bits per heavy atom. The van der Waals surface area contributed by atoms with Crippen molar-refractivity contribution in [3.05, 3.63) is 95.3 Å². The number of hydrogen-bond donors (Lipinski definition) is 2. The molecule has 3 aromatic carbocycles. The molecule has 0 aliphatic rings. The van der Waals surface area contributed by atoms with Crippen LogP contribution in [-0.4, -0.2) is 20.1 Å². The first-order valence-electron chi connectivity index (χ1n) is 9.55. The average Bonchev–Trinajstić information content (AvgIpc) is 2.71. The summed E-state index contributed by atoms with van der Waals surface area (Å²) < 4.78 is 19.6. The molecule has 29 heavy (non-hydrogen) atoms. The third-order valence-corrected chi connectivity index (χ3v) is 4.93. The van der Waals surface area contributed by atoms with Crippen molar-refractivity contribution in [1.29, 1.82) is 0 Å². The molecule has 2 atom stereocenters. The number of methoxy groups -OCH3 is 1. The lowest BCUT2D eigenvalue weighted by Gasteiger charge is -2.25. The van der Waals surface area contributed by atoms with E-state index >= 15 is 0 Å². The summed E-state index contributed by atoms with van der Waals surface area (Å²) >= 11 is 0. The summed E-state index contributed by atoms with van der Waals surface area (Å²) in [6.45, 7) is 2.34. The van der Waals surface area contributed by atoms with Gasteiger partial charge in [-0.1, -0.05) is 54.6 Å². The molecule has 150 valence electrons. The SMILES string of the molecule is COc1ccc(C)cc1NC(=O)[C@@H](c1ccccc1)[NH+](C)Cc1ccccc1F. The highest BCUT2D eigenvalue weighted by Gasteiger charge is 2.30. The maximum absolute atomic E-state index is 14.2. The molecular weight excluding hydrogens is 367 g/mol. The minimum atomic E-state index is -0.513. The predicted octanol–water partition coefficient (Wildman–Crippen LogP) is 3.54. The minimum absolute atomic E-state index is 0.172. The van der Waals surface area contributed by atoms with E-state index in [0.717, 1.165) is 16.0 Å². The first-order chi connectivity index (χ1) is 14.0. The van der Waals surface area contributed by atoms with Crippen LogP contribution in [-0.2, 0) is 11.3 Å². The van der Waals surface area contributed by atoms with Gasteiger partial charge in [0.15, 0.2) is 6.04 Å². The smallest absolute Gasteiger partial charge is 0.287 e. The minimum Gasteiger partial charge on any atom is -0.495 e. The van der Waals surface area contributed by atoms with Crippen molar-refractivity contribution in [2.24, 2.45) is 0 Å². The van der Waals surface area contributed by atoms with Crippen molar-refractivity contribution < 1.29 is 18.8 Å². The number of halogens is 1. The van der Waals surface area contributed by atoms with Crippen LogP contribution in [0.2, 0.25) is 0 Å². The van der Waals surface area contributed by atoms with Crippen molar-refractivity contribution in [3.63, 3.8) is 0 Å². The molecule has 0 aliphatic carbocycles. The van der Waals surface area contributed by atoms with Crippen molar-refractivity contribution >= 4 is 11.6 Å². The fourth-order valence-electron chi connectivity index (χ4n) is 3.47. The summed E-state index contributed by atoms with van der Waals surface area (Å²) in [4.78, 5) is 14.2. The van der Waals surface area contributed by atoms with Gasteiger partial charge in [0.25, 0.3) is 5.91 Å². The molecule has 4 nitrogen and oxygen atoms in total. The lowest BCUT2D eigenvalue weighted by atomic mass is 10.0. The Balaban J connectivity index is 1.91. The summed E-state index contributed by atoms with van der Waals surface area (Å²) in [7, 11) is 3.47. The zero-order valence-corrected chi connectivity index (χ0v) is 16.9. The zero-order valence-electron chi connectivity index (χ0n) is 16.9. The van der Waals surface area contributed by atoms with Crippen molar-refractivity contribution in [2.45, 2.75) is 19.5 Å². The van der Waals surface area contributed by atoms with Gasteiger partial charge in [0.1, 0.15) is 18.1 Å². The molecule has 0 heterocycles. The van der Waals surface area contributed by atoms with E-state index in [0.29, 0.717) is 23.5 Å². The van der Waals surface area contributed by atoms with Crippen LogP contribution in [0.25, 0.3) is 0 Å². The maximum atomic E-state index is 14.2. The van der Waals surface area contributed by atoms with Crippen LogP contribution in [0, 0.1) is 12.7 Å². The van der Waals surface area contributed by atoms with Crippen LogP contribution in [0.1, 0.15) is 22.7 Å². The fraction of sp³-hybridized carbons (Fsp3) is 0.208. The van der Waals surface area contributed by atoms with Crippen LogP contribution in [0.3, 0.4) is 0 Å². The molecule has 3 aromatic rings. The standard InChI is InChI=1S/C24H25FN2O2/c1-17-13-14-22(29-3)21(15-17)26-24(28)23(18-9-5-4-6-10-18)27(2)16-19-11-7-8-12-20(19)25/h4-15,23H,16H2,1-3H3,(H,26,28)/p+1/t23-/m1/s1. The summed E-state index contributed by atoms with van der Waals surface area (Å²) in [6.07, 6.45) is 0. The van der Waals surface area contributed by atoms with Gasteiger partial charge < -0.3 is 15.0 Å². The highest BCUT2D eigenvalue weighted by Crippen LogP contribution is 2.26. The molecule has 0 aliphatic heterocycles. The van der Waals surface area contributed by atoms with Crippen LogP contribution in [0.15, 0.2) is 72.8 Å². The topological polar surface area (TPSA) is 42.8 Å². The predicted molar refractivity (Wildman–Crippen MR) is 113 cm³/mol. The number of likely N-dealkylation sites (N-methyl/N-ethyl adjacent to an activating group) is 1. The Bertz CT molecular complexity index is 976. The molecule has 1 unspecified atom stereocenters. The lowest BCUT2D eigenvalue weighted by Crippen LogP contribution is -3.09. The van der Waals surface area contributed by atoms with Gasteiger partial charge in [-0.2, -0.15) is 0 Å². The molecule has 5 heteroatoms. The summed E-state index contributed by atoms with van der Waals surface area (Å²) in [5.41, 5.74) is 3.08. The van der Waals surface area contributed by atoms with Crippen molar-refractivity contribution in [2.75, 3.05) is 19.5 Å². The van der Waals surface area contributed by atoms with E-state index in [9.17, 15) is 9.18 Å². The largest absolute Gasteiger partial charge is 0.495 e.